The maximum Gasteiger partial charge on any atom is 0.0178 e. The van der Waals surface area contributed by atoms with Crippen LogP contribution in [0.1, 0.15) is 57.4 Å². The minimum atomic E-state index is 0.386. The highest BCUT2D eigenvalue weighted by Crippen LogP contribution is 2.61. The lowest BCUT2D eigenvalue weighted by Crippen LogP contribution is -2.55. The Kier molecular flexibility index (Phi) is 4.24. The molecule has 1 aromatic carbocycles. The van der Waals surface area contributed by atoms with Gasteiger partial charge < -0.3 is 5.32 Å². The summed E-state index contributed by atoms with van der Waals surface area (Å²) in [6, 6.07) is 9.00. The average molecular weight is 336 g/mol. The van der Waals surface area contributed by atoms with Gasteiger partial charge in [-0.2, -0.15) is 0 Å². The second kappa shape index (κ2) is 5.81. The van der Waals surface area contributed by atoms with Crippen LogP contribution < -0.4 is 5.32 Å². The molecule has 3 rings (SSSR count). The van der Waals surface area contributed by atoms with E-state index >= 15 is 0 Å². The van der Waals surface area contributed by atoms with Gasteiger partial charge in [0, 0.05) is 16.4 Å². The summed E-state index contributed by atoms with van der Waals surface area (Å²) in [6.45, 7) is 4.42. The van der Waals surface area contributed by atoms with E-state index < -0.39 is 0 Å². The van der Waals surface area contributed by atoms with E-state index in [1.807, 2.05) is 0 Å². The molecule has 2 heteroatoms. The highest BCUT2D eigenvalue weighted by molar-refractivity contribution is 9.10. The van der Waals surface area contributed by atoms with Crippen LogP contribution in [0.15, 0.2) is 28.7 Å². The molecule has 2 aliphatic carbocycles. The number of rotatable bonds is 4. The Balaban J connectivity index is 1.81. The summed E-state index contributed by atoms with van der Waals surface area (Å²) in [5, 5.41) is 3.62. The van der Waals surface area contributed by atoms with E-state index in [-0.39, 0.29) is 0 Å². The van der Waals surface area contributed by atoms with Crippen LogP contribution in [-0.2, 0) is 5.41 Å². The third-order valence-corrected chi connectivity index (χ3v) is 5.98. The van der Waals surface area contributed by atoms with Crippen molar-refractivity contribution < 1.29 is 0 Å². The fourth-order valence-electron chi connectivity index (χ4n) is 4.65. The third-order valence-electron chi connectivity index (χ3n) is 5.49. The molecule has 0 bridgehead atoms. The fourth-order valence-corrected chi connectivity index (χ4v) is 5.05. The van der Waals surface area contributed by atoms with Crippen LogP contribution in [0.25, 0.3) is 0 Å². The van der Waals surface area contributed by atoms with E-state index in [1.165, 1.54) is 55.0 Å². The van der Waals surface area contributed by atoms with Crippen molar-refractivity contribution in [2.24, 2.45) is 5.41 Å². The Morgan fingerprint density at radius 2 is 1.90 bits per heavy atom. The number of benzene rings is 1. The Morgan fingerprint density at radius 3 is 2.55 bits per heavy atom. The maximum atomic E-state index is 3.64. The number of hydrogen-bond donors (Lipinski definition) is 1. The molecule has 0 saturated heterocycles. The van der Waals surface area contributed by atoms with Crippen molar-refractivity contribution in [3.63, 3.8) is 0 Å². The number of nitrogens with one attached hydrogen (secondary N) is 1. The normalized spacial score (nSPS) is 23.5. The lowest BCUT2D eigenvalue weighted by atomic mass is 9.46. The quantitative estimate of drug-likeness (QED) is 0.812. The van der Waals surface area contributed by atoms with Crippen LogP contribution in [0.3, 0.4) is 0 Å². The zero-order valence-corrected chi connectivity index (χ0v) is 14.1. The van der Waals surface area contributed by atoms with Gasteiger partial charge in [-0.3, -0.25) is 0 Å². The molecule has 0 radical (unpaired) electrons. The standard InChI is InChI=1S/C18H26BrN/c1-2-20-14-18(15-7-6-8-16(19)11-15)12-17(13-18)9-4-3-5-10-17/h6-8,11,20H,2-5,9-10,12-14H2,1H3. The number of halogens is 1. The Bertz CT molecular complexity index is 454. The maximum absolute atomic E-state index is 3.64. The van der Waals surface area contributed by atoms with E-state index in [4.69, 9.17) is 0 Å². The van der Waals surface area contributed by atoms with Crippen molar-refractivity contribution in [3.8, 4) is 0 Å². The SMILES string of the molecule is CCNCC1(c2cccc(Br)c2)CC2(CCCCC2)C1. The van der Waals surface area contributed by atoms with Crippen LogP contribution in [0, 0.1) is 5.41 Å². The molecule has 2 fully saturated rings. The van der Waals surface area contributed by atoms with Crippen LogP contribution in [0.5, 0.6) is 0 Å². The zero-order valence-electron chi connectivity index (χ0n) is 12.6. The van der Waals surface area contributed by atoms with Crippen molar-refractivity contribution in [2.45, 2.75) is 57.3 Å². The van der Waals surface area contributed by atoms with E-state index in [0.717, 1.165) is 13.1 Å². The van der Waals surface area contributed by atoms with E-state index in [1.54, 1.807) is 0 Å². The van der Waals surface area contributed by atoms with Gasteiger partial charge in [0.15, 0.2) is 0 Å². The lowest BCUT2D eigenvalue weighted by Gasteiger charge is -2.59. The summed E-state index contributed by atoms with van der Waals surface area (Å²) >= 11 is 3.64. The van der Waals surface area contributed by atoms with E-state index in [2.05, 4.69) is 52.4 Å². The van der Waals surface area contributed by atoms with Crippen LogP contribution in [0.4, 0.5) is 0 Å². The molecule has 0 atom stereocenters. The lowest BCUT2D eigenvalue weighted by molar-refractivity contribution is -0.0125. The molecular weight excluding hydrogens is 310 g/mol. The molecule has 1 N–H and O–H groups in total. The molecule has 2 aliphatic rings. The molecule has 2 saturated carbocycles. The first-order valence-corrected chi connectivity index (χ1v) is 8.94. The minimum absolute atomic E-state index is 0.386. The molecule has 1 nitrogen and oxygen atoms in total. The number of likely N-dealkylation sites (N-methyl/N-ethyl adjacent to an activating group) is 1. The smallest absolute Gasteiger partial charge is 0.0178 e. The predicted octanol–water partition coefficient (Wildman–Crippen LogP) is 5.04. The van der Waals surface area contributed by atoms with Gasteiger partial charge in [0.25, 0.3) is 0 Å². The summed E-state index contributed by atoms with van der Waals surface area (Å²) < 4.78 is 1.22. The first-order chi connectivity index (χ1) is 9.68. The van der Waals surface area contributed by atoms with Crippen LogP contribution >= 0.6 is 15.9 Å². The topological polar surface area (TPSA) is 12.0 Å². The third kappa shape index (κ3) is 2.69. The van der Waals surface area contributed by atoms with Gasteiger partial charge in [-0.1, -0.05) is 54.2 Å². The highest BCUT2D eigenvalue weighted by atomic mass is 79.9. The zero-order chi connectivity index (χ0) is 14.1. The Hall–Kier alpha value is -0.340. The summed E-state index contributed by atoms with van der Waals surface area (Å²) in [5.74, 6) is 0. The van der Waals surface area contributed by atoms with Crippen LogP contribution in [-0.4, -0.2) is 13.1 Å². The van der Waals surface area contributed by atoms with Gasteiger partial charge in [-0.05, 0) is 55.3 Å². The van der Waals surface area contributed by atoms with Gasteiger partial charge in [0.2, 0.25) is 0 Å². The van der Waals surface area contributed by atoms with Gasteiger partial charge in [-0.15, -0.1) is 0 Å². The van der Waals surface area contributed by atoms with Crippen LogP contribution in [0.2, 0.25) is 0 Å². The molecule has 0 unspecified atom stereocenters. The summed E-state index contributed by atoms with van der Waals surface area (Å²) in [7, 11) is 0. The predicted molar refractivity (Wildman–Crippen MR) is 89.1 cm³/mol. The largest absolute Gasteiger partial charge is 0.316 e. The molecule has 0 amide bonds. The van der Waals surface area contributed by atoms with Gasteiger partial charge in [-0.25, -0.2) is 0 Å². The van der Waals surface area contributed by atoms with Crippen molar-refractivity contribution in [3.05, 3.63) is 34.3 Å². The Morgan fingerprint density at radius 1 is 1.15 bits per heavy atom. The summed E-state index contributed by atoms with van der Waals surface area (Å²) in [5.41, 5.74) is 2.59. The second-order valence-corrected chi connectivity index (χ2v) is 7.90. The molecule has 20 heavy (non-hydrogen) atoms. The van der Waals surface area contributed by atoms with Crippen molar-refractivity contribution >= 4 is 15.9 Å². The molecule has 110 valence electrons. The molecule has 0 heterocycles. The Labute approximate surface area is 131 Å². The summed E-state index contributed by atoms with van der Waals surface area (Å²) in [6.07, 6.45) is 10.1. The average Bonchev–Trinajstić information content (AvgIpc) is 2.43. The van der Waals surface area contributed by atoms with Gasteiger partial charge >= 0.3 is 0 Å². The highest BCUT2D eigenvalue weighted by Gasteiger charge is 2.54. The minimum Gasteiger partial charge on any atom is -0.316 e. The number of hydrogen-bond acceptors (Lipinski definition) is 1. The first-order valence-electron chi connectivity index (χ1n) is 8.15. The van der Waals surface area contributed by atoms with Gasteiger partial charge in [0.1, 0.15) is 0 Å². The molecule has 1 aromatic rings. The van der Waals surface area contributed by atoms with Crippen molar-refractivity contribution in [1.82, 2.24) is 5.32 Å². The molecule has 1 spiro atoms. The monoisotopic (exact) mass is 335 g/mol. The van der Waals surface area contributed by atoms with Crippen molar-refractivity contribution in [2.75, 3.05) is 13.1 Å². The molecular formula is C18H26BrN. The first kappa shape index (κ1) is 14.6. The second-order valence-electron chi connectivity index (χ2n) is 6.99. The summed E-state index contributed by atoms with van der Waals surface area (Å²) in [4.78, 5) is 0. The fraction of sp³-hybridized carbons (Fsp3) is 0.667. The molecule has 0 aromatic heterocycles. The van der Waals surface area contributed by atoms with E-state index in [0.29, 0.717) is 10.8 Å². The van der Waals surface area contributed by atoms with Crippen molar-refractivity contribution in [1.29, 1.82) is 0 Å². The molecule has 0 aliphatic heterocycles. The van der Waals surface area contributed by atoms with Gasteiger partial charge in [0.05, 0.1) is 0 Å². The van der Waals surface area contributed by atoms with E-state index in [9.17, 15) is 0 Å².